The summed E-state index contributed by atoms with van der Waals surface area (Å²) in [5.74, 6) is 1.51. The first-order valence-corrected chi connectivity index (χ1v) is 5.28. The molecule has 0 saturated heterocycles. The molecular formula is C13H11N3O. The molecule has 0 saturated carbocycles. The molecule has 3 N–H and O–H groups in total. The molecule has 4 nitrogen and oxygen atoms in total. The number of aromatic amines is 1. The van der Waals surface area contributed by atoms with Crippen LogP contribution in [0.25, 0.3) is 11.0 Å². The number of hydrogen-bond donors (Lipinski definition) is 2. The lowest BCUT2D eigenvalue weighted by atomic mass is 10.3. The fourth-order valence-corrected chi connectivity index (χ4v) is 1.68. The smallest absolute Gasteiger partial charge is 0.154 e. The highest BCUT2D eigenvalue weighted by molar-refractivity contribution is 5.81. The maximum atomic E-state index is 5.78. The summed E-state index contributed by atoms with van der Waals surface area (Å²) in [5, 5.41) is 0. The van der Waals surface area contributed by atoms with Crippen LogP contribution in [0.5, 0.6) is 11.5 Å². The number of anilines is 1. The van der Waals surface area contributed by atoms with Crippen LogP contribution < -0.4 is 10.5 Å². The molecule has 0 amide bonds. The molecule has 2 aromatic heterocycles. The highest BCUT2D eigenvalue weighted by Crippen LogP contribution is 2.27. The van der Waals surface area contributed by atoms with Crippen LogP contribution >= 0.6 is 0 Å². The molecule has 17 heavy (non-hydrogen) atoms. The van der Waals surface area contributed by atoms with Crippen molar-refractivity contribution in [2.75, 3.05) is 5.73 Å². The summed E-state index contributed by atoms with van der Waals surface area (Å²) in [4.78, 5) is 7.33. The van der Waals surface area contributed by atoms with Crippen molar-refractivity contribution in [2.24, 2.45) is 0 Å². The van der Waals surface area contributed by atoms with Crippen molar-refractivity contribution in [2.45, 2.75) is 0 Å². The van der Waals surface area contributed by atoms with Gasteiger partial charge in [-0.05, 0) is 30.3 Å². The van der Waals surface area contributed by atoms with Crippen LogP contribution in [0.3, 0.4) is 0 Å². The first kappa shape index (κ1) is 9.72. The van der Waals surface area contributed by atoms with E-state index in [-0.39, 0.29) is 0 Å². The van der Waals surface area contributed by atoms with Gasteiger partial charge in [0.25, 0.3) is 0 Å². The number of nitrogen functional groups attached to an aromatic ring is 1. The molecule has 0 bridgehead atoms. The molecule has 0 unspecified atom stereocenters. The van der Waals surface area contributed by atoms with Crippen molar-refractivity contribution in [3.05, 3.63) is 48.8 Å². The van der Waals surface area contributed by atoms with Crippen molar-refractivity contribution in [1.29, 1.82) is 0 Å². The van der Waals surface area contributed by atoms with E-state index in [4.69, 9.17) is 10.5 Å². The van der Waals surface area contributed by atoms with Crippen LogP contribution in [0.1, 0.15) is 0 Å². The van der Waals surface area contributed by atoms with E-state index in [0.717, 1.165) is 28.2 Å². The summed E-state index contributed by atoms with van der Waals surface area (Å²) < 4.78 is 5.78. The second-order valence-corrected chi connectivity index (χ2v) is 3.72. The molecule has 84 valence electrons. The van der Waals surface area contributed by atoms with Gasteiger partial charge >= 0.3 is 0 Å². The van der Waals surface area contributed by atoms with Crippen LogP contribution in [0.15, 0.2) is 48.8 Å². The summed E-state index contributed by atoms with van der Waals surface area (Å²) in [6, 6.07) is 11.0. The van der Waals surface area contributed by atoms with E-state index in [2.05, 4.69) is 9.97 Å². The number of fused-ring (bicyclic) bond motifs is 1. The molecule has 0 aliphatic heterocycles. The summed E-state index contributed by atoms with van der Waals surface area (Å²) in [7, 11) is 0. The Morgan fingerprint density at radius 1 is 1.06 bits per heavy atom. The number of H-pyrrole nitrogens is 1. The quantitative estimate of drug-likeness (QED) is 0.659. The highest BCUT2D eigenvalue weighted by Gasteiger charge is 2.04. The van der Waals surface area contributed by atoms with Gasteiger partial charge in [-0.1, -0.05) is 0 Å². The van der Waals surface area contributed by atoms with Crippen molar-refractivity contribution in [3.63, 3.8) is 0 Å². The number of hydrogen-bond acceptors (Lipinski definition) is 3. The normalized spacial score (nSPS) is 10.6. The fraction of sp³-hybridized carbons (Fsp3) is 0. The van der Waals surface area contributed by atoms with Gasteiger partial charge in [0, 0.05) is 24.1 Å². The highest BCUT2D eigenvalue weighted by atomic mass is 16.5. The Morgan fingerprint density at radius 2 is 1.88 bits per heavy atom. The SMILES string of the molecule is Nc1ccc(Oc2ccnc3cc[nH]c23)cc1. The number of nitrogens with one attached hydrogen (secondary N) is 1. The predicted octanol–water partition coefficient (Wildman–Crippen LogP) is 2.94. The van der Waals surface area contributed by atoms with Crippen LogP contribution in [-0.2, 0) is 0 Å². The average Bonchev–Trinajstić information content (AvgIpc) is 2.81. The van der Waals surface area contributed by atoms with Crippen molar-refractivity contribution < 1.29 is 4.74 Å². The van der Waals surface area contributed by atoms with Gasteiger partial charge in [0.1, 0.15) is 11.3 Å². The molecule has 0 spiro atoms. The Labute approximate surface area is 98.1 Å². The molecule has 3 rings (SSSR count). The van der Waals surface area contributed by atoms with Crippen LogP contribution in [-0.4, -0.2) is 9.97 Å². The molecule has 4 heteroatoms. The standard InChI is InChI=1S/C13H11N3O/c14-9-1-3-10(4-2-9)17-12-6-8-15-11-5-7-16-13(11)12/h1-8,16H,14H2. The third-order valence-corrected chi connectivity index (χ3v) is 2.52. The van der Waals surface area contributed by atoms with Gasteiger partial charge in [0.05, 0.1) is 5.52 Å². The lowest BCUT2D eigenvalue weighted by Crippen LogP contribution is -1.88. The Hall–Kier alpha value is -2.49. The summed E-state index contributed by atoms with van der Waals surface area (Å²) in [6.07, 6.45) is 3.57. The van der Waals surface area contributed by atoms with Crippen molar-refractivity contribution >= 4 is 16.7 Å². The Bertz CT molecular complexity index is 643. The third-order valence-electron chi connectivity index (χ3n) is 2.52. The van der Waals surface area contributed by atoms with Gasteiger partial charge in [0.15, 0.2) is 5.75 Å². The topological polar surface area (TPSA) is 63.9 Å². The largest absolute Gasteiger partial charge is 0.455 e. The van der Waals surface area contributed by atoms with Gasteiger partial charge < -0.3 is 15.5 Å². The maximum absolute atomic E-state index is 5.78. The number of ether oxygens (including phenoxy) is 1. The van der Waals surface area contributed by atoms with Gasteiger partial charge in [-0.15, -0.1) is 0 Å². The average molecular weight is 225 g/mol. The Balaban J connectivity index is 1.99. The minimum Gasteiger partial charge on any atom is -0.455 e. The van der Waals surface area contributed by atoms with E-state index < -0.39 is 0 Å². The second kappa shape index (κ2) is 3.83. The number of aromatic nitrogens is 2. The summed E-state index contributed by atoms with van der Waals surface area (Å²) >= 11 is 0. The van der Waals surface area contributed by atoms with E-state index in [1.807, 2.05) is 42.6 Å². The monoisotopic (exact) mass is 225 g/mol. The molecule has 3 aromatic rings. The van der Waals surface area contributed by atoms with Gasteiger partial charge in [-0.25, -0.2) is 0 Å². The molecule has 1 aromatic carbocycles. The minimum atomic E-state index is 0.720. The number of nitrogens with two attached hydrogens (primary N) is 1. The van der Waals surface area contributed by atoms with E-state index in [0.29, 0.717) is 0 Å². The molecule has 0 radical (unpaired) electrons. The predicted molar refractivity (Wildman–Crippen MR) is 67.0 cm³/mol. The van der Waals surface area contributed by atoms with E-state index >= 15 is 0 Å². The second-order valence-electron chi connectivity index (χ2n) is 3.72. The zero-order valence-electron chi connectivity index (χ0n) is 9.05. The summed E-state index contributed by atoms with van der Waals surface area (Å²) in [6.45, 7) is 0. The van der Waals surface area contributed by atoms with E-state index in [1.165, 1.54) is 0 Å². The van der Waals surface area contributed by atoms with E-state index in [9.17, 15) is 0 Å². The third kappa shape index (κ3) is 1.80. The molecular weight excluding hydrogens is 214 g/mol. The molecule has 0 atom stereocenters. The van der Waals surface area contributed by atoms with Gasteiger partial charge in [-0.2, -0.15) is 0 Å². The summed E-state index contributed by atoms with van der Waals surface area (Å²) in [5.41, 5.74) is 8.12. The van der Waals surface area contributed by atoms with Crippen molar-refractivity contribution in [3.8, 4) is 11.5 Å². The first-order valence-electron chi connectivity index (χ1n) is 5.28. The molecule has 0 aliphatic rings. The van der Waals surface area contributed by atoms with Gasteiger partial charge in [-0.3, -0.25) is 4.98 Å². The Kier molecular flexibility index (Phi) is 2.19. The fourth-order valence-electron chi connectivity index (χ4n) is 1.68. The number of benzene rings is 1. The first-order chi connectivity index (χ1) is 8.33. The zero-order valence-corrected chi connectivity index (χ0v) is 9.05. The lowest BCUT2D eigenvalue weighted by Gasteiger charge is -2.06. The van der Waals surface area contributed by atoms with Gasteiger partial charge in [0.2, 0.25) is 0 Å². The molecule has 0 aliphatic carbocycles. The number of rotatable bonds is 2. The number of pyridine rings is 1. The molecule has 2 heterocycles. The van der Waals surface area contributed by atoms with Crippen LogP contribution in [0, 0.1) is 0 Å². The molecule has 0 fully saturated rings. The maximum Gasteiger partial charge on any atom is 0.154 e. The van der Waals surface area contributed by atoms with Crippen LogP contribution in [0.2, 0.25) is 0 Å². The van der Waals surface area contributed by atoms with Crippen LogP contribution in [0.4, 0.5) is 5.69 Å². The Morgan fingerprint density at radius 3 is 2.71 bits per heavy atom. The number of nitrogens with zero attached hydrogens (tertiary/aromatic N) is 1. The zero-order chi connectivity index (χ0) is 11.7. The van der Waals surface area contributed by atoms with Crippen molar-refractivity contribution in [1.82, 2.24) is 9.97 Å². The minimum absolute atomic E-state index is 0.720. The lowest BCUT2D eigenvalue weighted by molar-refractivity contribution is 0.487. The van der Waals surface area contributed by atoms with E-state index in [1.54, 1.807) is 6.20 Å².